The van der Waals surface area contributed by atoms with Crippen molar-refractivity contribution in [3.05, 3.63) is 17.5 Å². The highest BCUT2D eigenvalue weighted by Gasteiger charge is 2.14. The standard InChI is InChI=1S/C12H21N3O/c1-5-6-11-10(8-14-15(11)4)12(16)13-7-9(2)3/h8-9H,5-7H2,1-4H3,(H,13,16). The molecule has 0 saturated carbocycles. The summed E-state index contributed by atoms with van der Waals surface area (Å²) in [6.45, 7) is 6.97. The van der Waals surface area contributed by atoms with E-state index in [1.165, 1.54) is 0 Å². The molecule has 1 heterocycles. The van der Waals surface area contributed by atoms with Crippen molar-refractivity contribution in [3.63, 3.8) is 0 Å². The monoisotopic (exact) mass is 223 g/mol. The van der Waals surface area contributed by atoms with E-state index in [1.54, 1.807) is 10.9 Å². The van der Waals surface area contributed by atoms with Crippen LogP contribution in [0.1, 0.15) is 43.2 Å². The second-order valence-corrected chi connectivity index (χ2v) is 4.48. The van der Waals surface area contributed by atoms with Crippen molar-refractivity contribution in [1.29, 1.82) is 0 Å². The highest BCUT2D eigenvalue weighted by molar-refractivity contribution is 5.95. The van der Waals surface area contributed by atoms with Gasteiger partial charge in [0.25, 0.3) is 5.91 Å². The van der Waals surface area contributed by atoms with Crippen molar-refractivity contribution >= 4 is 5.91 Å². The Labute approximate surface area is 97.0 Å². The fourth-order valence-corrected chi connectivity index (χ4v) is 1.58. The van der Waals surface area contributed by atoms with E-state index < -0.39 is 0 Å². The van der Waals surface area contributed by atoms with Crippen LogP contribution in [0.3, 0.4) is 0 Å². The number of nitrogens with zero attached hydrogens (tertiary/aromatic N) is 2. The Kier molecular flexibility index (Phi) is 4.52. The minimum Gasteiger partial charge on any atom is -0.352 e. The van der Waals surface area contributed by atoms with Gasteiger partial charge in [-0.1, -0.05) is 27.2 Å². The second kappa shape index (κ2) is 5.68. The van der Waals surface area contributed by atoms with Gasteiger partial charge in [0.15, 0.2) is 0 Å². The number of rotatable bonds is 5. The molecule has 1 rings (SSSR count). The summed E-state index contributed by atoms with van der Waals surface area (Å²) in [6.07, 6.45) is 3.56. The zero-order chi connectivity index (χ0) is 12.1. The van der Waals surface area contributed by atoms with Gasteiger partial charge in [-0.3, -0.25) is 9.48 Å². The molecule has 0 fully saturated rings. The topological polar surface area (TPSA) is 46.9 Å². The van der Waals surface area contributed by atoms with Crippen LogP contribution in [-0.4, -0.2) is 22.2 Å². The fraction of sp³-hybridized carbons (Fsp3) is 0.667. The lowest BCUT2D eigenvalue weighted by Gasteiger charge is -2.08. The lowest BCUT2D eigenvalue weighted by molar-refractivity contribution is 0.0948. The van der Waals surface area contributed by atoms with Gasteiger partial charge >= 0.3 is 0 Å². The third-order valence-electron chi connectivity index (χ3n) is 2.46. The van der Waals surface area contributed by atoms with Crippen molar-refractivity contribution < 1.29 is 4.79 Å². The Bertz CT molecular complexity index is 355. The number of aryl methyl sites for hydroxylation is 1. The molecule has 0 aliphatic carbocycles. The number of hydrogen-bond donors (Lipinski definition) is 1. The minimum atomic E-state index is -0.00903. The summed E-state index contributed by atoms with van der Waals surface area (Å²) in [6, 6.07) is 0. The number of hydrogen-bond acceptors (Lipinski definition) is 2. The van der Waals surface area contributed by atoms with Crippen LogP contribution in [-0.2, 0) is 13.5 Å². The zero-order valence-corrected chi connectivity index (χ0v) is 10.6. The normalized spacial score (nSPS) is 10.8. The molecule has 90 valence electrons. The molecule has 0 aromatic carbocycles. The first-order valence-corrected chi connectivity index (χ1v) is 5.85. The molecule has 1 N–H and O–H groups in total. The summed E-state index contributed by atoms with van der Waals surface area (Å²) < 4.78 is 1.79. The first kappa shape index (κ1) is 12.7. The van der Waals surface area contributed by atoms with Crippen molar-refractivity contribution in [2.24, 2.45) is 13.0 Å². The lowest BCUT2D eigenvalue weighted by atomic mass is 10.1. The molecule has 0 atom stereocenters. The van der Waals surface area contributed by atoms with Gasteiger partial charge in [0.05, 0.1) is 17.5 Å². The summed E-state index contributed by atoms with van der Waals surface area (Å²) in [5.74, 6) is 0.459. The summed E-state index contributed by atoms with van der Waals surface area (Å²) in [7, 11) is 1.88. The van der Waals surface area contributed by atoms with Crippen LogP contribution in [0.25, 0.3) is 0 Å². The summed E-state index contributed by atoms with van der Waals surface area (Å²) >= 11 is 0. The van der Waals surface area contributed by atoms with Crippen molar-refractivity contribution in [1.82, 2.24) is 15.1 Å². The molecule has 16 heavy (non-hydrogen) atoms. The van der Waals surface area contributed by atoms with Gasteiger partial charge in [-0.25, -0.2) is 0 Å². The third kappa shape index (κ3) is 3.08. The quantitative estimate of drug-likeness (QED) is 0.826. The van der Waals surface area contributed by atoms with E-state index in [2.05, 4.69) is 31.2 Å². The van der Waals surface area contributed by atoms with Crippen LogP contribution in [0.2, 0.25) is 0 Å². The van der Waals surface area contributed by atoms with Crippen LogP contribution >= 0.6 is 0 Å². The lowest BCUT2D eigenvalue weighted by Crippen LogP contribution is -2.28. The maximum Gasteiger partial charge on any atom is 0.254 e. The number of carbonyl (C=O) groups is 1. The number of aromatic nitrogens is 2. The largest absolute Gasteiger partial charge is 0.352 e. The predicted molar refractivity (Wildman–Crippen MR) is 64.4 cm³/mol. The van der Waals surface area contributed by atoms with Gasteiger partial charge in [-0.15, -0.1) is 0 Å². The first-order valence-electron chi connectivity index (χ1n) is 5.85. The van der Waals surface area contributed by atoms with E-state index in [-0.39, 0.29) is 5.91 Å². The van der Waals surface area contributed by atoms with Gasteiger partial charge < -0.3 is 5.32 Å². The predicted octanol–water partition coefficient (Wildman–Crippen LogP) is 1.76. The zero-order valence-electron chi connectivity index (χ0n) is 10.6. The molecule has 1 aromatic heterocycles. The molecule has 4 heteroatoms. The minimum absolute atomic E-state index is 0.00903. The third-order valence-corrected chi connectivity index (χ3v) is 2.46. The highest BCUT2D eigenvalue weighted by Crippen LogP contribution is 2.10. The molecule has 1 amide bonds. The number of nitrogens with one attached hydrogen (secondary N) is 1. The summed E-state index contributed by atoms with van der Waals surface area (Å²) in [5.41, 5.74) is 1.73. The molecule has 0 unspecified atom stereocenters. The van der Waals surface area contributed by atoms with Crippen LogP contribution < -0.4 is 5.32 Å². The van der Waals surface area contributed by atoms with Gasteiger partial charge in [-0.05, 0) is 12.3 Å². The molecule has 0 saturated heterocycles. The van der Waals surface area contributed by atoms with Gasteiger partial charge in [-0.2, -0.15) is 5.10 Å². The van der Waals surface area contributed by atoms with Crippen molar-refractivity contribution in [2.45, 2.75) is 33.6 Å². The van der Waals surface area contributed by atoms with Gasteiger partial charge in [0.1, 0.15) is 0 Å². The maximum absolute atomic E-state index is 11.9. The highest BCUT2D eigenvalue weighted by atomic mass is 16.1. The SMILES string of the molecule is CCCc1c(C(=O)NCC(C)C)cnn1C. The molecular formula is C12H21N3O. The number of amides is 1. The van der Waals surface area contributed by atoms with Crippen molar-refractivity contribution in [3.8, 4) is 0 Å². The molecule has 0 bridgehead atoms. The molecule has 0 radical (unpaired) electrons. The first-order chi connectivity index (χ1) is 7.56. The van der Waals surface area contributed by atoms with E-state index in [4.69, 9.17) is 0 Å². The van der Waals surface area contributed by atoms with Gasteiger partial charge in [0.2, 0.25) is 0 Å². The average Bonchev–Trinajstić information content (AvgIpc) is 2.58. The van der Waals surface area contributed by atoms with E-state index in [9.17, 15) is 4.79 Å². The smallest absolute Gasteiger partial charge is 0.254 e. The molecule has 4 nitrogen and oxygen atoms in total. The molecule has 0 spiro atoms. The van der Waals surface area contributed by atoms with E-state index >= 15 is 0 Å². The number of carbonyl (C=O) groups excluding carboxylic acids is 1. The Morgan fingerprint density at radius 2 is 2.25 bits per heavy atom. The Morgan fingerprint density at radius 1 is 1.56 bits per heavy atom. The summed E-state index contributed by atoms with van der Waals surface area (Å²) in [5, 5.41) is 7.06. The molecule has 1 aromatic rings. The van der Waals surface area contributed by atoms with Crippen molar-refractivity contribution in [2.75, 3.05) is 6.54 Å². The molecule has 0 aliphatic heterocycles. The summed E-state index contributed by atoms with van der Waals surface area (Å²) in [4.78, 5) is 11.9. The molecular weight excluding hydrogens is 202 g/mol. The van der Waals surface area contributed by atoms with E-state index in [0.29, 0.717) is 18.0 Å². The van der Waals surface area contributed by atoms with Crippen LogP contribution in [0.5, 0.6) is 0 Å². The molecule has 0 aliphatic rings. The van der Waals surface area contributed by atoms with Crippen LogP contribution in [0, 0.1) is 5.92 Å². The second-order valence-electron chi connectivity index (χ2n) is 4.48. The van der Waals surface area contributed by atoms with E-state index in [1.807, 2.05) is 7.05 Å². The Morgan fingerprint density at radius 3 is 2.81 bits per heavy atom. The van der Waals surface area contributed by atoms with Crippen LogP contribution in [0.15, 0.2) is 6.20 Å². The van der Waals surface area contributed by atoms with Gasteiger partial charge in [0, 0.05) is 13.6 Å². The Hall–Kier alpha value is -1.32. The van der Waals surface area contributed by atoms with Crippen LogP contribution in [0.4, 0.5) is 0 Å². The maximum atomic E-state index is 11.9. The van der Waals surface area contributed by atoms with E-state index in [0.717, 1.165) is 18.5 Å². The Balaban J connectivity index is 2.74. The average molecular weight is 223 g/mol. The fourth-order valence-electron chi connectivity index (χ4n) is 1.58.